The normalized spacial score (nSPS) is 17.7. The molecule has 0 unspecified atom stereocenters. The van der Waals surface area contributed by atoms with Crippen LogP contribution in [0.3, 0.4) is 0 Å². The average Bonchev–Trinajstić information content (AvgIpc) is 2.17. The fourth-order valence-corrected chi connectivity index (χ4v) is 2.27. The highest BCUT2D eigenvalue weighted by Gasteiger charge is 2.26. The zero-order valence-electron chi connectivity index (χ0n) is 9.64. The predicted molar refractivity (Wildman–Crippen MR) is 66.5 cm³/mol. The summed E-state index contributed by atoms with van der Waals surface area (Å²) < 4.78 is 0. The van der Waals surface area contributed by atoms with Gasteiger partial charge in [-0.3, -0.25) is 0 Å². The van der Waals surface area contributed by atoms with E-state index in [2.05, 4.69) is 43.9 Å². The Labute approximate surface area is 92.2 Å². The first-order valence-corrected chi connectivity index (χ1v) is 5.62. The molecule has 0 spiro atoms. The number of allylic oxidation sites excluding steroid dienone is 1. The van der Waals surface area contributed by atoms with Crippen LogP contribution in [0.4, 0.5) is 5.69 Å². The molecule has 1 N–H and O–H groups in total. The number of benzene rings is 1. The van der Waals surface area contributed by atoms with Gasteiger partial charge in [0.1, 0.15) is 0 Å². The summed E-state index contributed by atoms with van der Waals surface area (Å²) in [6.07, 6.45) is 4.12. The van der Waals surface area contributed by atoms with E-state index in [0.29, 0.717) is 5.41 Å². The van der Waals surface area contributed by atoms with Crippen LogP contribution in [0.2, 0.25) is 0 Å². The average molecular weight is 201 g/mol. The maximum atomic E-state index is 3.78. The lowest BCUT2D eigenvalue weighted by Gasteiger charge is -2.33. The van der Waals surface area contributed by atoms with Gasteiger partial charge in [0.2, 0.25) is 0 Å². The van der Waals surface area contributed by atoms with Gasteiger partial charge in [-0.1, -0.05) is 32.1 Å². The third-order valence-corrected chi connectivity index (χ3v) is 3.26. The molecule has 80 valence electrons. The third-order valence-electron chi connectivity index (χ3n) is 3.26. The molecule has 0 saturated carbocycles. The van der Waals surface area contributed by atoms with Crippen molar-refractivity contribution in [3.8, 4) is 0 Å². The van der Waals surface area contributed by atoms with Crippen molar-refractivity contribution < 1.29 is 0 Å². The molecule has 1 aromatic rings. The van der Waals surface area contributed by atoms with Crippen LogP contribution in [0.1, 0.15) is 31.4 Å². The van der Waals surface area contributed by atoms with Gasteiger partial charge in [-0.2, -0.15) is 0 Å². The maximum Gasteiger partial charge on any atom is 0.0381 e. The van der Waals surface area contributed by atoms with Crippen LogP contribution in [0.5, 0.6) is 0 Å². The van der Waals surface area contributed by atoms with Crippen molar-refractivity contribution in [2.75, 3.05) is 11.9 Å². The predicted octanol–water partition coefficient (Wildman–Crippen LogP) is 3.51. The molecular formula is C14H19N. The fourth-order valence-electron chi connectivity index (χ4n) is 2.27. The molecule has 0 bridgehead atoms. The minimum Gasteiger partial charge on any atom is -0.385 e. The molecule has 0 atom stereocenters. The highest BCUT2D eigenvalue weighted by atomic mass is 14.9. The minimum atomic E-state index is 0.313. The zero-order valence-corrected chi connectivity index (χ0v) is 9.64. The van der Waals surface area contributed by atoms with E-state index in [1.807, 2.05) is 6.08 Å². The molecular weight excluding hydrogens is 182 g/mol. The Balaban J connectivity index is 2.40. The number of hydrogen-bond acceptors (Lipinski definition) is 1. The van der Waals surface area contributed by atoms with Gasteiger partial charge < -0.3 is 5.32 Å². The van der Waals surface area contributed by atoms with E-state index in [0.717, 1.165) is 13.0 Å². The summed E-state index contributed by atoms with van der Waals surface area (Å²) in [6, 6.07) is 6.74. The first-order chi connectivity index (χ1) is 7.13. The van der Waals surface area contributed by atoms with E-state index in [9.17, 15) is 0 Å². The summed E-state index contributed by atoms with van der Waals surface area (Å²) in [5, 5.41) is 3.48. The topological polar surface area (TPSA) is 12.0 Å². The Morgan fingerprint density at radius 2 is 2.27 bits per heavy atom. The van der Waals surface area contributed by atoms with Crippen LogP contribution < -0.4 is 5.32 Å². The largest absolute Gasteiger partial charge is 0.385 e. The molecule has 0 aliphatic carbocycles. The van der Waals surface area contributed by atoms with Crippen molar-refractivity contribution >= 4 is 5.69 Å². The molecule has 0 saturated heterocycles. The lowest BCUT2D eigenvalue weighted by atomic mass is 9.78. The van der Waals surface area contributed by atoms with Crippen molar-refractivity contribution in [2.24, 2.45) is 0 Å². The van der Waals surface area contributed by atoms with E-state index in [-0.39, 0.29) is 0 Å². The Morgan fingerprint density at radius 1 is 1.47 bits per heavy atom. The Kier molecular flexibility index (Phi) is 2.56. The molecule has 1 heteroatoms. The fraction of sp³-hybridized carbons (Fsp3) is 0.429. The first kappa shape index (κ1) is 10.3. The Bertz CT molecular complexity index is 377. The molecule has 0 aromatic heterocycles. The van der Waals surface area contributed by atoms with Crippen molar-refractivity contribution in [1.82, 2.24) is 0 Å². The van der Waals surface area contributed by atoms with E-state index in [1.165, 1.54) is 23.2 Å². The lowest BCUT2D eigenvalue weighted by Crippen LogP contribution is -2.28. The molecule has 2 rings (SSSR count). The number of fused-ring (bicyclic) bond motifs is 1. The number of hydrogen-bond donors (Lipinski definition) is 1. The summed E-state index contributed by atoms with van der Waals surface area (Å²) in [4.78, 5) is 0. The van der Waals surface area contributed by atoms with Gasteiger partial charge in [0.15, 0.2) is 0 Å². The van der Waals surface area contributed by atoms with Crippen LogP contribution >= 0.6 is 0 Å². The highest BCUT2D eigenvalue weighted by Crippen LogP contribution is 2.36. The second-order valence-corrected chi connectivity index (χ2v) is 4.93. The second-order valence-electron chi connectivity index (χ2n) is 4.93. The summed E-state index contributed by atoms with van der Waals surface area (Å²) in [5.74, 6) is 0. The molecule has 0 amide bonds. The Morgan fingerprint density at radius 3 is 3.00 bits per heavy atom. The molecule has 1 nitrogen and oxygen atoms in total. The number of nitrogens with one attached hydrogen (secondary N) is 1. The summed E-state index contributed by atoms with van der Waals surface area (Å²) in [5.41, 5.74) is 4.41. The molecule has 1 heterocycles. The second kappa shape index (κ2) is 3.73. The molecule has 1 aliphatic rings. The maximum absolute atomic E-state index is 3.78. The van der Waals surface area contributed by atoms with E-state index < -0.39 is 0 Å². The zero-order chi connectivity index (χ0) is 10.9. The van der Waals surface area contributed by atoms with Crippen LogP contribution in [0.15, 0.2) is 30.9 Å². The van der Waals surface area contributed by atoms with Crippen LogP contribution in [-0.4, -0.2) is 6.54 Å². The van der Waals surface area contributed by atoms with E-state index in [4.69, 9.17) is 0 Å². The lowest BCUT2D eigenvalue weighted by molar-refractivity contribution is 0.482. The van der Waals surface area contributed by atoms with Gasteiger partial charge in [-0.15, -0.1) is 6.58 Å². The molecule has 1 aliphatic heterocycles. The van der Waals surface area contributed by atoms with Crippen LogP contribution in [0.25, 0.3) is 0 Å². The molecule has 15 heavy (non-hydrogen) atoms. The van der Waals surface area contributed by atoms with E-state index >= 15 is 0 Å². The number of anilines is 1. The van der Waals surface area contributed by atoms with Crippen LogP contribution in [-0.2, 0) is 11.8 Å². The first-order valence-electron chi connectivity index (χ1n) is 5.62. The van der Waals surface area contributed by atoms with Gasteiger partial charge in [-0.05, 0) is 35.4 Å². The van der Waals surface area contributed by atoms with Crippen LogP contribution in [0, 0.1) is 0 Å². The summed E-state index contributed by atoms with van der Waals surface area (Å²) >= 11 is 0. The summed E-state index contributed by atoms with van der Waals surface area (Å²) in [6.45, 7) is 9.50. The van der Waals surface area contributed by atoms with Gasteiger partial charge in [0.05, 0.1) is 0 Å². The van der Waals surface area contributed by atoms with Crippen molar-refractivity contribution in [2.45, 2.75) is 32.1 Å². The van der Waals surface area contributed by atoms with Gasteiger partial charge >= 0.3 is 0 Å². The Hall–Kier alpha value is -1.24. The molecule has 0 fully saturated rings. The quantitative estimate of drug-likeness (QED) is 0.722. The smallest absolute Gasteiger partial charge is 0.0381 e. The SMILES string of the molecule is C=CCc1ccc2c(c1)NCCC2(C)C. The van der Waals surface area contributed by atoms with Crippen molar-refractivity contribution in [1.29, 1.82) is 0 Å². The summed E-state index contributed by atoms with van der Waals surface area (Å²) in [7, 11) is 0. The van der Waals surface area contributed by atoms with Crippen molar-refractivity contribution in [3.63, 3.8) is 0 Å². The molecule has 0 radical (unpaired) electrons. The van der Waals surface area contributed by atoms with E-state index in [1.54, 1.807) is 0 Å². The standard InChI is InChI=1S/C14H19N/c1-4-5-11-6-7-12-13(10-11)15-9-8-14(12,2)3/h4,6-7,10,15H,1,5,8-9H2,2-3H3. The molecule has 1 aromatic carbocycles. The monoisotopic (exact) mass is 201 g/mol. The van der Waals surface area contributed by atoms with Gasteiger partial charge in [0.25, 0.3) is 0 Å². The minimum absolute atomic E-state index is 0.313. The highest BCUT2D eigenvalue weighted by molar-refractivity contribution is 5.58. The van der Waals surface area contributed by atoms with Gasteiger partial charge in [-0.25, -0.2) is 0 Å². The van der Waals surface area contributed by atoms with Crippen molar-refractivity contribution in [3.05, 3.63) is 42.0 Å². The third kappa shape index (κ3) is 1.92. The number of rotatable bonds is 2. The van der Waals surface area contributed by atoms with Gasteiger partial charge in [0, 0.05) is 12.2 Å².